The van der Waals surface area contributed by atoms with Gasteiger partial charge in [0.05, 0.1) is 24.1 Å². The number of aryl methyl sites for hydroxylation is 1. The molecule has 0 radical (unpaired) electrons. The summed E-state index contributed by atoms with van der Waals surface area (Å²) in [5.74, 6) is 0. The lowest BCUT2D eigenvalue weighted by atomic mass is 10.1. The van der Waals surface area contributed by atoms with Gasteiger partial charge in [-0.05, 0) is 19.2 Å². The Balaban J connectivity index is 1.92. The van der Waals surface area contributed by atoms with E-state index in [1.807, 2.05) is 73.9 Å². The highest BCUT2D eigenvalue weighted by molar-refractivity contribution is 5.33. The van der Waals surface area contributed by atoms with Gasteiger partial charge in [-0.15, -0.1) is 0 Å². The highest BCUT2D eigenvalue weighted by Crippen LogP contribution is 2.21. The molecule has 1 N–H and O–H groups in total. The van der Waals surface area contributed by atoms with Crippen LogP contribution in [-0.4, -0.2) is 26.6 Å². The molecule has 0 saturated carbocycles. The largest absolute Gasteiger partial charge is 0.309 e. The van der Waals surface area contributed by atoms with Gasteiger partial charge >= 0.3 is 0 Å². The van der Waals surface area contributed by atoms with E-state index in [2.05, 4.69) is 15.5 Å². The first-order valence-corrected chi connectivity index (χ1v) is 6.54. The van der Waals surface area contributed by atoms with E-state index in [4.69, 9.17) is 0 Å². The Kier molecular flexibility index (Phi) is 3.35. The summed E-state index contributed by atoms with van der Waals surface area (Å²) < 4.78 is 3.69. The molecule has 3 rings (SSSR count). The number of nitrogens with one attached hydrogen (secondary N) is 1. The molecule has 2 aromatic heterocycles. The van der Waals surface area contributed by atoms with Crippen LogP contribution < -0.4 is 5.32 Å². The van der Waals surface area contributed by atoms with Crippen molar-refractivity contribution in [1.82, 2.24) is 24.9 Å². The van der Waals surface area contributed by atoms with Crippen molar-refractivity contribution in [2.24, 2.45) is 7.05 Å². The van der Waals surface area contributed by atoms with Crippen molar-refractivity contribution in [3.05, 3.63) is 66.2 Å². The van der Waals surface area contributed by atoms with Gasteiger partial charge in [-0.1, -0.05) is 18.2 Å². The van der Waals surface area contributed by atoms with Crippen LogP contribution in [0, 0.1) is 0 Å². The van der Waals surface area contributed by atoms with Crippen LogP contribution in [0.5, 0.6) is 0 Å². The number of hydrogen-bond acceptors (Lipinski definition) is 3. The zero-order valence-electron chi connectivity index (χ0n) is 11.6. The zero-order chi connectivity index (χ0) is 13.9. The molecule has 1 aromatic carbocycles. The first-order chi connectivity index (χ1) is 9.78. The number of rotatable bonds is 4. The van der Waals surface area contributed by atoms with Gasteiger partial charge in [0.25, 0.3) is 0 Å². The second kappa shape index (κ2) is 5.30. The molecule has 0 fully saturated rings. The Bertz CT molecular complexity index is 683. The third-order valence-corrected chi connectivity index (χ3v) is 3.30. The summed E-state index contributed by atoms with van der Waals surface area (Å²) in [7, 11) is 3.86. The molecular formula is C15H17N5. The van der Waals surface area contributed by atoms with Crippen molar-refractivity contribution < 1.29 is 0 Å². The van der Waals surface area contributed by atoms with Crippen LogP contribution >= 0.6 is 0 Å². The topological polar surface area (TPSA) is 47.7 Å². The zero-order valence-corrected chi connectivity index (χ0v) is 11.6. The summed E-state index contributed by atoms with van der Waals surface area (Å²) in [4.78, 5) is 0. The maximum Gasteiger partial charge on any atom is 0.0645 e. The first-order valence-electron chi connectivity index (χ1n) is 6.54. The molecule has 1 unspecified atom stereocenters. The van der Waals surface area contributed by atoms with Gasteiger partial charge in [0, 0.05) is 30.6 Å². The Hall–Kier alpha value is -2.40. The quantitative estimate of drug-likeness (QED) is 0.785. The molecule has 2 heterocycles. The van der Waals surface area contributed by atoms with Gasteiger partial charge in [-0.25, -0.2) is 4.68 Å². The lowest BCUT2D eigenvalue weighted by Gasteiger charge is -2.11. The van der Waals surface area contributed by atoms with Crippen molar-refractivity contribution in [2.45, 2.75) is 6.04 Å². The monoisotopic (exact) mass is 267 g/mol. The van der Waals surface area contributed by atoms with Crippen LogP contribution in [0.25, 0.3) is 5.69 Å². The molecule has 0 spiro atoms. The Morgan fingerprint density at radius 2 is 1.70 bits per heavy atom. The predicted octanol–water partition coefficient (Wildman–Crippen LogP) is 1.91. The van der Waals surface area contributed by atoms with Crippen molar-refractivity contribution >= 4 is 0 Å². The number of para-hydroxylation sites is 1. The van der Waals surface area contributed by atoms with Crippen molar-refractivity contribution in [2.75, 3.05) is 7.05 Å². The highest BCUT2D eigenvalue weighted by Gasteiger charge is 2.15. The fraction of sp³-hybridized carbons (Fsp3) is 0.200. The maximum atomic E-state index is 4.44. The number of hydrogen-bond donors (Lipinski definition) is 1. The van der Waals surface area contributed by atoms with E-state index < -0.39 is 0 Å². The number of aromatic nitrogens is 4. The third-order valence-electron chi connectivity index (χ3n) is 3.30. The predicted molar refractivity (Wildman–Crippen MR) is 77.7 cm³/mol. The van der Waals surface area contributed by atoms with Gasteiger partial charge in [-0.3, -0.25) is 4.68 Å². The minimum absolute atomic E-state index is 0.0983. The molecule has 0 amide bonds. The molecule has 0 saturated heterocycles. The standard InChI is InChI=1S/C15H17N5/c1-16-15(12-8-17-19(2)10-12)13-9-18-20(11-13)14-6-4-3-5-7-14/h3-11,15-16H,1-2H3. The van der Waals surface area contributed by atoms with Crippen LogP contribution in [-0.2, 0) is 7.05 Å². The van der Waals surface area contributed by atoms with Gasteiger partial charge in [0.1, 0.15) is 0 Å². The maximum absolute atomic E-state index is 4.44. The minimum Gasteiger partial charge on any atom is -0.309 e. The molecule has 0 aliphatic rings. The van der Waals surface area contributed by atoms with Crippen LogP contribution in [0.4, 0.5) is 0 Å². The van der Waals surface area contributed by atoms with Crippen LogP contribution in [0.2, 0.25) is 0 Å². The number of nitrogens with zero attached hydrogens (tertiary/aromatic N) is 4. The molecule has 1 atom stereocenters. The fourth-order valence-electron chi connectivity index (χ4n) is 2.32. The smallest absolute Gasteiger partial charge is 0.0645 e. The summed E-state index contributed by atoms with van der Waals surface area (Å²) in [6.45, 7) is 0. The summed E-state index contributed by atoms with van der Waals surface area (Å²) in [5.41, 5.74) is 3.30. The molecule has 0 bridgehead atoms. The molecule has 5 nitrogen and oxygen atoms in total. The minimum atomic E-state index is 0.0983. The molecule has 20 heavy (non-hydrogen) atoms. The summed E-state index contributed by atoms with van der Waals surface area (Å²) >= 11 is 0. The summed E-state index contributed by atoms with van der Waals surface area (Å²) in [5, 5.41) is 12.0. The van der Waals surface area contributed by atoms with Gasteiger partial charge in [0.2, 0.25) is 0 Å². The number of benzene rings is 1. The van der Waals surface area contributed by atoms with Gasteiger partial charge in [0.15, 0.2) is 0 Å². The van der Waals surface area contributed by atoms with Gasteiger partial charge < -0.3 is 5.32 Å². The lowest BCUT2D eigenvalue weighted by molar-refractivity contribution is 0.689. The second-order valence-electron chi connectivity index (χ2n) is 4.72. The van der Waals surface area contributed by atoms with Gasteiger partial charge in [-0.2, -0.15) is 10.2 Å². The van der Waals surface area contributed by atoms with E-state index in [1.165, 1.54) is 0 Å². The SMILES string of the molecule is CNC(c1cnn(C)c1)c1cnn(-c2ccccc2)c1. The van der Waals surface area contributed by atoms with Crippen LogP contribution in [0.15, 0.2) is 55.1 Å². The highest BCUT2D eigenvalue weighted by atomic mass is 15.3. The van der Waals surface area contributed by atoms with E-state index in [-0.39, 0.29) is 6.04 Å². The molecule has 102 valence electrons. The Labute approximate surface area is 117 Å². The van der Waals surface area contributed by atoms with Crippen molar-refractivity contribution in [3.8, 4) is 5.69 Å². The molecule has 5 heteroatoms. The second-order valence-corrected chi connectivity index (χ2v) is 4.72. The molecular weight excluding hydrogens is 250 g/mol. The Morgan fingerprint density at radius 1 is 1.00 bits per heavy atom. The lowest BCUT2D eigenvalue weighted by Crippen LogP contribution is -2.16. The average Bonchev–Trinajstić information content (AvgIpc) is 3.11. The normalized spacial score (nSPS) is 12.5. The molecule has 3 aromatic rings. The third kappa shape index (κ3) is 2.35. The summed E-state index contributed by atoms with van der Waals surface area (Å²) in [6, 6.07) is 10.2. The molecule has 0 aliphatic carbocycles. The van der Waals surface area contributed by atoms with Crippen LogP contribution in [0.3, 0.4) is 0 Å². The summed E-state index contributed by atoms with van der Waals surface area (Å²) in [6.07, 6.45) is 7.83. The van der Waals surface area contributed by atoms with E-state index in [9.17, 15) is 0 Å². The van der Waals surface area contributed by atoms with E-state index >= 15 is 0 Å². The molecule has 0 aliphatic heterocycles. The van der Waals surface area contributed by atoms with Crippen molar-refractivity contribution in [1.29, 1.82) is 0 Å². The van der Waals surface area contributed by atoms with E-state index in [0.29, 0.717) is 0 Å². The van der Waals surface area contributed by atoms with Crippen LogP contribution in [0.1, 0.15) is 17.2 Å². The first kappa shape index (κ1) is 12.6. The van der Waals surface area contributed by atoms with E-state index in [0.717, 1.165) is 16.8 Å². The Morgan fingerprint density at radius 3 is 2.35 bits per heavy atom. The van der Waals surface area contributed by atoms with E-state index in [1.54, 1.807) is 4.68 Å². The van der Waals surface area contributed by atoms with Crippen molar-refractivity contribution in [3.63, 3.8) is 0 Å². The fourth-order valence-corrected chi connectivity index (χ4v) is 2.32. The average molecular weight is 267 g/mol.